The molecule has 5 heteroatoms. The number of ether oxygens (including phenoxy) is 1. The van der Waals surface area contributed by atoms with E-state index < -0.39 is 21.2 Å². The van der Waals surface area contributed by atoms with E-state index in [1.165, 1.54) is 6.92 Å². The Morgan fingerprint density at radius 3 is 2.21 bits per heavy atom. The maximum Gasteiger partial charge on any atom is 0.152 e. The van der Waals surface area contributed by atoms with E-state index in [0.29, 0.717) is 13.0 Å². The van der Waals surface area contributed by atoms with Crippen LogP contribution < -0.4 is 0 Å². The van der Waals surface area contributed by atoms with E-state index in [1.807, 2.05) is 6.92 Å². The molecular weight excluding hydrogens is 204 g/mol. The molecule has 0 bridgehead atoms. The second-order valence-electron chi connectivity index (χ2n) is 3.78. The van der Waals surface area contributed by atoms with Crippen molar-refractivity contribution in [3.05, 3.63) is 0 Å². The van der Waals surface area contributed by atoms with Gasteiger partial charge in [-0.3, -0.25) is 0 Å². The number of aliphatic hydroxyl groups is 1. The lowest BCUT2D eigenvalue weighted by atomic mass is 9.99. The zero-order valence-corrected chi connectivity index (χ0v) is 10.0. The van der Waals surface area contributed by atoms with Gasteiger partial charge in [0.15, 0.2) is 9.84 Å². The van der Waals surface area contributed by atoms with Gasteiger partial charge in [0.05, 0.1) is 11.4 Å². The van der Waals surface area contributed by atoms with Crippen molar-refractivity contribution in [2.24, 2.45) is 5.92 Å². The molecule has 0 fully saturated rings. The second kappa shape index (κ2) is 5.68. The van der Waals surface area contributed by atoms with Crippen molar-refractivity contribution >= 4 is 9.84 Å². The highest BCUT2D eigenvalue weighted by Gasteiger charge is 2.28. The summed E-state index contributed by atoms with van der Waals surface area (Å²) in [6, 6.07) is 0. The predicted molar refractivity (Wildman–Crippen MR) is 56.0 cm³/mol. The average Bonchev–Trinajstić information content (AvgIpc) is 2.10. The number of sulfone groups is 1. The first-order chi connectivity index (χ1) is 6.30. The van der Waals surface area contributed by atoms with Crippen molar-refractivity contribution in [1.29, 1.82) is 0 Å². The fourth-order valence-electron chi connectivity index (χ4n) is 1.19. The lowest BCUT2D eigenvalue weighted by Gasteiger charge is -2.23. The molecule has 0 heterocycles. The Morgan fingerprint density at radius 2 is 1.86 bits per heavy atom. The van der Waals surface area contributed by atoms with Crippen LogP contribution in [-0.2, 0) is 14.6 Å². The fourth-order valence-corrected chi connectivity index (χ4v) is 1.97. The highest BCUT2D eigenvalue weighted by atomic mass is 32.2. The van der Waals surface area contributed by atoms with Gasteiger partial charge in [-0.2, -0.15) is 0 Å². The number of rotatable bonds is 6. The van der Waals surface area contributed by atoms with Gasteiger partial charge in [-0.15, -0.1) is 0 Å². The Labute approximate surface area is 86.2 Å². The summed E-state index contributed by atoms with van der Waals surface area (Å²) in [6.45, 7) is 3.89. The SMILES string of the molecule is COCCC(C)C(O)C(C)S(C)(=O)=O. The van der Waals surface area contributed by atoms with Gasteiger partial charge in [0, 0.05) is 20.0 Å². The van der Waals surface area contributed by atoms with E-state index in [4.69, 9.17) is 4.74 Å². The molecule has 1 N–H and O–H groups in total. The molecule has 0 aromatic heterocycles. The van der Waals surface area contributed by atoms with Crippen molar-refractivity contribution in [3.8, 4) is 0 Å². The van der Waals surface area contributed by atoms with Crippen LogP contribution >= 0.6 is 0 Å². The van der Waals surface area contributed by atoms with Gasteiger partial charge >= 0.3 is 0 Å². The van der Waals surface area contributed by atoms with Crippen LogP contribution in [0.4, 0.5) is 0 Å². The van der Waals surface area contributed by atoms with E-state index >= 15 is 0 Å². The minimum atomic E-state index is -3.16. The van der Waals surface area contributed by atoms with Gasteiger partial charge in [-0.25, -0.2) is 8.42 Å². The summed E-state index contributed by atoms with van der Waals surface area (Å²) in [5, 5.41) is 9.00. The lowest BCUT2D eigenvalue weighted by Crippen LogP contribution is -2.36. The summed E-state index contributed by atoms with van der Waals surface area (Å²) in [7, 11) is -1.58. The molecule has 0 saturated heterocycles. The number of methoxy groups -OCH3 is 1. The zero-order chi connectivity index (χ0) is 11.4. The van der Waals surface area contributed by atoms with Crippen LogP contribution in [0.2, 0.25) is 0 Å². The average molecular weight is 224 g/mol. The van der Waals surface area contributed by atoms with Crippen molar-refractivity contribution < 1.29 is 18.3 Å². The van der Waals surface area contributed by atoms with Crippen LogP contribution in [0, 0.1) is 5.92 Å². The van der Waals surface area contributed by atoms with E-state index in [-0.39, 0.29) is 5.92 Å². The molecule has 14 heavy (non-hydrogen) atoms. The fraction of sp³-hybridized carbons (Fsp3) is 1.00. The van der Waals surface area contributed by atoms with Crippen LogP contribution in [0.1, 0.15) is 20.3 Å². The first-order valence-corrected chi connectivity index (χ1v) is 6.62. The predicted octanol–water partition coefficient (Wildman–Crippen LogP) is 0.453. The van der Waals surface area contributed by atoms with E-state index in [0.717, 1.165) is 6.26 Å². The summed E-state index contributed by atoms with van der Waals surface area (Å²) in [4.78, 5) is 0. The van der Waals surface area contributed by atoms with Gasteiger partial charge in [0.25, 0.3) is 0 Å². The van der Waals surface area contributed by atoms with E-state index in [9.17, 15) is 13.5 Å². The van der Waals surface area contributed by atoms with Crippen molar-refractivity contribution in [3.63, 3.8) is 0 Å². The molecule has 86 valence electrons. The lowest BCUT2D eigenvalue weighted by molar-refractivity contribution is 0.0879. The van der Waals surface area contributed by atoms with Crippen molar-refractivity contribution in [2.45, 2.75) is 31.6 Å². The van der Waals surface area contributed by atoms with Gasteiger partial charge in [0.1, 0.15) is 0 Å². The Balaban J connectivity index is 4.24. The summed E-state index contributed by atoms with van der Waals surface area (Å²) in [6.07, 6.45) is 0.988. The Morgan fingerprint density at radius 1 is 1.36 bits per heavy atom. The maximum atomic E-state index is 11.2. The molecule has 4 nitrogen and oxygen atoms in total. The van der Waals surface area contributed by atoms with Crippen LogP contribution in [0.25, 0.3) is 0 Å². The Hall–Kier alpha value is -0.130. The molecule has 0 aliphatic carbocycles. The van der Waals surface area contributed by atoms with Crippen LogP contribution in [0.3, 0.4) is 0 Å². The first kappa shape index (κ1) is 13.9. The molecule has 3 unspecified atom stereocenters. The summed E-state index contributed by atoms with van der Waals surface area (Å²) in [5.74, 6) is -0.0697. The second-order valence-corrected chi connectivity index (χ2v) is 6.19. The maximum absolute atomic E-state index is 11.2. The van der Waals surface area contributed by atoms with Gasteiger partial charge in [-0.05, 0) is 19.3 Å². The largest absolute Gasteiger partial charge is 0.392 e. The van der Waals surface area contributed by atoms with Gasteiger partial charge in [-0.1, -0.05) is 6.92 Å². The Kier molecular flexibility index (Phi) is 5.63. The van der Waals surface area contributed by atoms with Crippen LogP contribution in [0.5, 0.6) is 0 Å². The zero-order valence-electron chi connectivity index (χ0n) is 9.23. The minimum Gasteiger partial charge on any atom is -0.392 e. The van der Waals surface area contributed by atoms with Gasteiger partial charge < -0.3 is 9.84 Å². The third-order valence-electron chi connectivity index (χ3n) is 2.52. The van der Waals surface area contributed by atoms with Crippen molar-refractivity contribution in [1.82, 2.24) is 0 Å². The first-order valence-electron chi connectivity index (χ1n) is 4.66. The molecule has 3 atom stereocenters. The quantitative estimate of drug-likeness (QED) is 0.711. The molecule has 0 aliphatic heterocycles. The molecular formula is C9H20O4S. The Bertz CT molecular complexity index is 248. The molecule has 0 aromatic carbocycles. The topological polar surface area (TPSA) is 63.6 Å². The molecule has 0 aliphatic rings. The molecule has 0 aromatic rings. The molecule has 0 amide bonds. The number of hydrogen-bond acceptors (Lipinski definition) is 4. The van der Waals surface area contributed by atoms with E-state index in [1.54, 1.807) is 7.11 Å². The summed E-state index contributed by atoms with van der Waals surface area (Å²) < 4.78 is 27.2. The molecule has 0 spiro atoms. The summed E-state index contributed by atoms with van der Waals surface area (Å²) in [5.41, 5.74) is 0. The van der Waals surface area contributed by atoms with Crippen LogP contribution in [-0.4, -0.2) is 44.9 Å². The number of hydrogen-bond donors (Lipinski definition) is 1. The number of aliphatic hydroxyl groups excluding tert-OH is 1. The van der Waals surface area contributed by atoms with E-state index in [2.05, 4.69) is 0 Å². The normalized spacial score (nSPS) is 18.9. The van der Waals surface area contributed by atoms with Crippen LogP contribution in [0.15, 0.2) is 0 Å². The standard InChI is InChI=1S/C9H20O4S/c1-7(5-6-13-3)9(10)8(2)14(4,11)12/h7-10H,5-6H2,1-4H3. The highest BCUT2D eigenvalue weighted by molar-refractivity contribution is 7.91. The molecule has 0 saturated carbocycles. The highest BCUT2D eigenvalue weighted by Crippen LogP contribution is 2.16. The third kappa shape index (κ3) is 4.39. The monoisotopic (exact) mass is 224 g/mol. The third-order valence-corrected chi connectivity index (χ3v) is 4.15. The smallest absolute Gasteiger partial charge is 0.152 e. The molecule has 0 radical (unpaired) electrons. The van der Waals surface area contributed by atoms with Crippen molar-refractivity contribution in [2.75, 3.05) is 20.0 Å². The van der Waals surface area contributed by atoms with Gasteiger partial charge in [0.2, 0.25) is 0 Å². The minimum absolute atomic E-state index is 0.0697. The summed E-state index contributed by atoms with van der Waals surface area (Å²) >= 11 is 0. The molecule has 0 rings (SSSR count).